The standard InChI is InChI=1S/C13H14NO2/c1-3-9(2)11-6-7-13(14(15)16)12(8-11)10-4-5-10/h3,6-8,10H,1,4-5H2,2H3. The lowest BCUT2D eigenvalue weighted by molar-refractivity contribution is -0.385. The van der Waals surface area contributed by atoms with Crippen LogP contribution in [0.2, 0.25) is 0 Å². The Morgan fingerprint density at radius 3 is 2.75 bits per heavy atom. The van der Waals surface area contributed by atoms with Gasteiger partial charge in [-0.15, -0.1) is 6.58 Å². The van der Waals surface area contributed by atoms with Crippen molar-refractivity contribution in [3.63, 3.8) is 0 Å². The summed E-state index contributed by atoms with van der Waals surface area (Å²) in [5, 5.41) is 10.9. The van der Waals surface area contributed by atoms with Crippen molar-refractivity contribution in [2.75, 3.05) is 0 Å². The predicted molar refractivity (Wildman–Crippen MR) is 63.3 cm³/mol. The van der Waals surface area contributed by atoms with Gasteiger partial charge >= 0.3 is 0 Å². The lowest BCUT2D eigenvalue weighted by Crippen LogP contribution is -1.97. The Morgan fingerprint density at radius 2 is 2.25 bits per heavy atom. The fraction of sp³-hybridized carbons (Fsp3) is 0.308. The molecule has 1 aliphatic carbocycles. The third-order valence-corrected chi connectivity index (χ3v) is 3.00. The van der Waals surface area contributed by atoms with Crippen LogP contribution in [0.15, 0.2) is 30.9 Å². The van der Waals surface area contributed by atoms with Gasteiger partial charge < -0.3 is 0 Å². The van der Waals surface area contributed by atoms with Crippen molar-refractivity contribution in [2.24, 2.45) is 0 Å². The zero-order valence-corrected chi connectivity index (χ0v) is 9.27. The molecule has 0 saturated heterocycles. The second-order valence-corrected chi connectivity index (χ2v) is 4.19. The summed E-state index contributed by atoms with van der Waals surface area (Å²) < 4.78 is 0. The molecule has 2 rings (SSSR count). The zero-order chi connectivity index (χ0) is 11.7. The maximum Gasteiger partial charge on any atom is 0.272 e. The van der Waals surface area contributed by atoms with E-state index in [1.165, 1.54) is 0 Å². The van der Waals surface area contributed by atoms with E-state index in [0.717, 1.165) is 29.9 Å². The third kappa shape index (κ3) is 1.98. The molecule has 3 heteroatoms. The Morgan fingerprint density at radius 1 is 1.56 bits per heavy atom. The molecule has 0 N–H and O–H groups in total. The molecular weight excluding hydrogens is 202 g/mol. The third-order valence-electron chi connectivity index (χ3n) is 3.00. The summed E-state index contributed by atoms with van der Waals surface area (Å²) in [6.45, 7) is 5.68. The Labute approximate surface area is 94.9 Å². The average molecular weight is 216 g/mol. The molecule has 83 valence electrons. The highest BCUT2D eigenvalue weighted by Crippen LogP contribution is 2.44. The fourth-order valence-electron chi connectivity index (χ4n) is 1.81. The predicted octanol–water partition coefficient (Wildman–Crippen LogP) is 3.60. The van der Waals surface area contributed by atoms with E-state index < -0.39 is 0 Å². The molecule has 1 fully saturated rings. The number of nitrogens with zero attached hydrogens (tertiary/aromatic N) is 1. The van der Waals surface area contributed by atoms with Gasteiger partial charge in [0.25, 0.3) is 5.69 Å². The molecule has 1 radical (unpaired) electrons. The minimum absolute atomic E-state index is 0.253. The van der Waals surface area contributed by atoms with Gasteiger partial charge in [-0.1, -0.05) is 19.1 Å². The topological polar surface area (TPSA) is 43.1 Å². The van der Waals surface area contributed by atoms with Crippen LogP contribution < -0.4 is 0 Å². The molecule has 1 aliphatic rings. The van der Waals surface area contributed by atoms with Crippen molar-refractivity contribution in [2.45, 2.75) is 25.7 Å². The highest BCUT2D eigenvalue weighted by Gasteiger charge is 2.30. The maximum atomic E-state index is 10.9. The van der Waals surface area contributed by atoms with Gasteiger partial charge in [-0.05, 0) is 30.4 Å². The van der Waals surface area contributed by atoms with Crippen molar-refractivity contribution in [1.29, 1.82) is 0 Å². The highest BCUT2D eigenvalue weighted by molar-refractivity contribution is 5.50. The smallest absolute Gasteiger partial charge is 0.258 e. The summed E-state index contributed by atoms with van der Waals surface area (Å²) in [6.07, 6.45) is 3.91. The van der Waals surface area contributed by atoms with Crippen molar-refractivity contribution in [3.8, 4) is 0 Å². The van der Waals surface area contributed by atoms with Gasteiger partial charge in [0.1, 0.15) is 0 Å². The van der Waals surface area contributed by atoms with Crippen LogP contribution in [0.5, 0.6) is 0 Å². The second kappa shape index (κ2) is 4.08. The molecule has 0 spiro atoms. The summed E-state index contributed by atoms with van der Waals surface area (Å²) in [6, 6.07) is 5.34. The van der Waals surface area contributed by atoms with Crippen LogP contribution in [0.25, 0.3) is 0 Å². The van der Waals surface area contributed by atoms with E-state index in [2.05, 4.69) is 6.58 Å². The number of rotatable bonds is 4. The largest absolute Gasteiger partial charge is 0.272 e. The second-order valence-electron chi connectivity index (χ2n) is 4.19. The van der Waals surface area contributed by atoms with Crippen molar-refractivity contribution < 1.29 is 4.92 Å². The first kappa shape index (κ1) is 10.9. The molecule has 1 aromatic rings. The van der Waals surface area contributed by atoms with Gasteiger partial charge in [0, 0.05) is 17.5 Å². The van der Waals surface area contributed by atoms with Crippen molar-refractivity contribution in [3.05, 3.63) is 58.0 Å². The molecule has 0 heterocycles. The van der Waals surface area contributed by atoms with Crippen LogP contribution in [0.4, 0.5) is 5.69 Å². The van der Waals surface area contributed by atoms with Crippen LogP contribution in [0, 0.1) is 16.0 Å². The number of nitro groups is 1. The molecule has 0 bridgehead atoms. The van der Waals surface area contributed by atoms with Gasteiger partial charge in [-0.25, -0.2) is 0 Å². The summed E-state index contributed by atoms with van der Waals surface area (Å²) in [7, 11) is 0. The summed E-state index contributed by atoms with van der Waals surface area (Å²) >= 11 is 0. The van der Waals surface area contributed by atoms with Crippen LogP contribution in [-0.4, -0.2) is 4.92 Å². The van der Waals surface area contributed by atoms with Crippen molar-refractivity contribution >= 4 is 5.69 Å². The van der Waals surface area contributed by atoms with Crippen molar-refractivity contribution in [1.82, 2.24) is 0 Å². The molecule has 0 aliphatic heterocycles. The highest BCUT2D eigenvalue weighted by atomic mass is 16.6. The van der Waals surface area contributed by atoms with E-state index in [9.17, 15) is 10.1 Å². The molecular formula is C13H14NO2. The number of hydrogen-bond donors (Lipinski definition) is 0. The first-order chi connectivity index (χ1) is 7.63. The normalized spacial score (nSPS) is 15.1. The molecule has 1 saturated carbocycles. The lowest BCUT2D eigenvalue weighted by Gasteiger charge is -2.08. The number of benzene rings is 1. The molecule has 0 aromatic heterocycles. The molecule has 0 amide bonds. The SMILES string of the molecule is C=C[C](C)c1ccc([N+](=O)[O-])c(C2CC2)c1. The van der Waals surface area contributed by atoms with Crippen LogP contribution in [-0.2, 0) is 0 Å². The van der Waals surface area contributed by atoms with E-state index >= 15 is 0 Å². The van der Waals surface area contributed by atoms with Gasteiger partial charge in [-0.3, -0.25) is 10.1 Å². The number of nitro benzene ring substituents is 1. The van der Waals surface area contributed by atoms with E-state index in [4.69, 9.17) is 0 Å². The molecule has 3 nitrogen and oxygen atoms in total. The summed E-state index contributed by atoms with van der Waals surface area (Å²) in [5.41, 5.74) is 2.16. The maximum absolute atomic E-state index is 10.9. The Bertz CT molecular complexity index is 436. The number of hydrogen-bond acceptors (Lipinski definition) is 2. The molecule has 0 atom stereocenters. The minimum atomic E-state index is -0.291. The Kier molecular flexibility index (Phi) is 2.77. The first-order valence-corrected chi connectivity index (χ1v) is 5.38. The van der Waals surface area contributed by atoms with Crippen LogP contribution in [0.3, 0.4) is 0 Å². The van der Waals surface area contributed by atoms with E-state index in [-0.39, 0.29) is 10.6 Å². The van der Waals surface area contributed by atoms with Crippen LogP contribution >= 0.6 is 0 Å². The Balaban J connectivity index is 2.43. The van der Waals surface area contributed by atoms with E-state index in [1.54, 1.807) is 18.2 Å². The monoisotopic (exact) mass is 216 g/mol. The van der Waals surface area contributed by atoms with Crippen LogP contribution in [0.1, 0.15) is 36.8 Å². The van der Waals surface area contributed by atoms with E-state index in [1.807, 2.05) is 13.0 Å². The lowest BCUT2D eigenvalue weighted by atomic mass is 9.96. The summed E-state index contributed by atoms with van der Waals surface area (Å²) in [5.74, 6) is 1.44. The van der Waals surface area contributed by atoms with Gasteiger partial charge in [0.15, 0.2) is 0 Å². The Hall–Kier alpha value is -1.64. The molecule has 1 aromatic carbocycles. The zero-order valence-electron chi connectivity index (χ0n) is 9.27. The van der Waals surface area contributed by atoms with E-state index in [0.29, 0.717) is 5.92 Å². The minimum Gasteiger partial charge on any atom is -0.258 e. The first-order valence-electron chi connectivity index (χ1n) is 5.38. The quantitative estimate of drug-likeness (QED) is 0.570. The fourth-order valence-corrected chi connectivity index (χ4v) is 1.81. The average Bonchev–Trinajstić information content (AvgIpc) is 3.10. The van der Waals surface area contributed by atoms with Gasteiger partial charge in [0.05, 0.1) is 4.92 Å². The number of allylic oxidation sites excluding steroid dienone is 1. The molecule has 16 heavy (non-hydrogen) atoms. The van der Waals surface area contributed by atoms with Gasteiger partial charge in [0.2, 0.25) is 0 Å². The van der Waals surface area contributed by atoms with Gasteiger partial charge in [-0.2, -0.15) is 0 Å². The summed E-state index contributed by atoms with van der Waals surface area (Å²) in [4.78, 5) is 10.6. The molecule has 0 unspecified atom stereocenters.